The highest BCUT2D eigenvalue weighted by atomic mass is 31.1. The number of carbonyl (C=O) groups is 1. The summed E-state index contributed by atoms with van der Waals surface area (Å²) in [5, 5.41) is 0. The molecule has 0 bridgehead atoms. The first-order valence-electron chi connectivity index (χ1n) is 6.36. The maximum atomic E-state index is 11.4. The van der Waals surface area contributed by atoms with Crippen LogP contribution in [0.4, 0.5) is 0 Å². The Labute approximate surface area is 102 Å². The van der Waals surface area contributed by atoms with Gasteiger partial charge in [-0.2, -0.15) is 0 Å². The molecule has 0 aromatic rings. The summed E-state index contributed by atoms with van der Waals surface area (Å²) < 4.78 is 5.20. The summed E-state index contributed by atoms with van der Waals surface area (Å²) in [5.74, 6) is -0.0825. The average molecular weight is 246 g/mol. The number of carbonyl (C=O) groups excluding carboxylic acids is 1. The first kappa shape index (κ1) is 15.9. The third-order valence-electron chi connectivity index (χ3n) is 2.30. The Morgan fingerprint density at radius 3 is 2.31 bits per heavy atom. The van der Waals surface area contributed by atoms with Gasteiger partial charge < -0.3 is 4.74 Å². The Bertz CT molecular complexity index is 185. The monoisotopic (exact) mass is 246 g/mol. The van der Waals surface area contributed by atoms with Crippen molar-refractivity contribution in [3.05, 3.63) is 0 Å². The maximum absolute atomic E-state index is 11.4. The van der Waals surface area contributed by atoms with Crippen LogP contribution in [0.1, 0.15) is 53.4 Å². The van der Waals surface area contributed by atoms with Crippen LogP contribution >= 0.6 is 8.58 Å². The molecule has 0 saturated carbocycles. The molecule has 0 aromatic heterocycles. The molecule has 96 valence electrons. The Morgan fingerprint density at radius 1 is 1.12 bits per heavy atom. The van der Waals surface area contributed by atoms with E-state index in [4.69, 9.17) is 4.74 Å². The molecular formula is C13H27O2P. The number of unbranched alkanes of at least 4 members (excludes halogenated alkanes) is 2. The zero-order chi connectivity index (χ0) is 12.4. The van der Waals surface area contributed by atoms with E-state index < -0.39 is 0 Å². The van der Waals surface area contributed by atoms with Crippen LogP contribution in [0, 0.1) is 5.41 Å². The fourth-order valence-corrected chi connectivity index (χ4v) is 2.51. The summed E-state index contributed by atoms with van der Waals surface area (Å²) in [7, 11) is 1.09. The van der Waals surface area contributed by atoms with Gasteiger partial charge in [-0.25, -0.2) is 0 Å². The average Bonchev–Trinajstić information content (AvgIpc) is 2.20. The van der Waals surface area contributed by atoms with Crippen molar-refractivity contribution >= 4 is 14.6 Å². The van der Waals surface area contributed by atoms with Gasteiger partial charge >= 0.3 is 5.97 Å². The summed E-state index contributed by atoms with van der Waals surface area (Å²) in [5.41, 5.74) is -0.358. The highest BCUT2D eigenvalue weighted by Crippen LogP contribution is 2.17. The van der Waals surface area contributed by atoms with Crippen LogP contribution in [0.2, 0.25) is 0 Å². The SMILES string of the molecule is CCCCPCCCCOC(=O)C(C)(C)C. The fourth-order valence-electron chi connectivity index (χ4n) is 1.16. The predicted molar refractivity (Wildman–Crippen MR) is 72.6 cm³/mol. The van der Waals surface area contributed by atoms with Crippen molar-refractivity contribution in [1.29, 1.82) is 0 Å². The molecule has 0 saturated heterocycles. The van der Waals surface area contributed by atoms with Gasteiger partial charge in [-0.3, -0.25) is 4.79 Å². The minimum absolute atomic E-state index is 0.0825. The largest absolute Gasteiger partial charge is 0.465 e. The number of rotatable bonds is 8. The lowest BCUT2D eigenvalue weighted by Crippen LogP contribution is -2.23. The molecule has 1 unspecified atom stereocenters. The Balaban J connectivity index is 3.25. The number of hydrogen-bond acceptors (Lipinski definition) is 2. The highest BCUT2D eigenvalue weighted by Gasteiger charge is 2.22. The van der Waals surface area contributed by atoms with E-state index in [0.29, 0.717) is 6.61 Å². The van der Waals surface area contributed by atoms with Gasteiger partial charge in [0.25, 0.3) is 0 Å². The zero-order valence-corrected chi connectivity index (χ0v) is 12.3. The molecule has 0 radical (unpaired) electrons. The second-order valence-electron chi connectivity index (χ2n) is 5.20. The Morgan fingerprint density at radius 2 is 1.75 bits per heavy atom. The molecule has 0 amide bonds. The van der Waals surface area contributed by atoms with Crippen molar-refractivity contribution < 1.29 is 9.53 Å². The van der Waals surface area contributed by atoms with Crippen LogP contribution in [0.25, 0.3) is 0 Å². The maximum Gasteiger partial charge on any atom is 0.311 e. The van der Waals surface area contributed by atoms with E-state index in [2.05, 4.69) is 6.92 Å². The molecule has 3 heteroatoms. The Kier molecular flexibility index (Phi) is 8.93. The van der Waals surface area contributed by atoms with Gasteiger partial charge in [-0.05, 0) is 52.4 Å². The van der Waals surface area contributed by atoms with Gasteiger partial charge in [0.05, 0.1) is 12.0 Å². The van der Waals surface area contributed by atoms with E-state index >= 15 is 0 Å². The van der Waals surface area contributed by atoms with E-state index in [1.54, 1.807) is 0 Å². The molecule has 0 aliphatic carbocycles. The number of ether oxygens (including phenoxy) is 1. The van der Waals surface area contributed by atoms with E-state index in [-0.39, 0.29) is 11.4 Å². The third kappa shape index (κ3) is 9.15. The summed E-state index contributed by atoms with van der Waals surface area (Å²) in [6.07, 6.45) is 7.54. The zero-order valence-electron chi connectivity index (χ0n) is 11.3. The standard InChI is InChI=1S/C13H27O2P/c1-5-6-10-16-11-8-7-9-15-12(14)13(2,3)4/h16H,5-11H2,1-4H3. The van der Waals surface area contributed by atoms with E-state index in [1.165, 1.54) is 31.6 Å². The number of hydrogen-bond donors (Lipinski definition) is 0. The van der Waals surface area contributed by atoms with Crippen molar-refractivity contribution in [3.63, 3.8) is 0 Å². The summed E-state index contributed by atoms with van der Waals surface area (Å²) >= 11 is 0. The molecule has 0 fully saturated rings. The first-order valence-corrected chi connectivity index (χ1v) is 7.78. The summed E-state index contributed by atoms with van der Waals surface area (Å²) in [6.45, 7) is 8.50. The third-order valence-corrected chi connectivity index (χ3v) is 3.71. The lowest BCUT2D eigenvalue weighted by molar-refractivity contribution is -0.153. The van der Waals surface area contributed by atoms with Crippen molar-refractivity contribution in [2.75, 3.05) is 18.9 Å². The van der Waals surface area contributed by atoms with Crippen LogP contribution in [0.3, 0.4) is 0 Å². The fraction of sp³-hybridized carbons (Fsp3) is 0.923. The molecule has 0 aromatic carbocycles. The van der Waals surface area contributed by atoms with E-state index in [1.807, 2.05) is 20.8 Å². The molecule has 0 N–H and O–H groups in total. The summed E-state index contributed by atoms with van der Waals surface area (Å²) in [4.78, 5) is 11.4. The minimum atomic E-state index is -0.358. The molecule has 1 atom stereocenters. The second kappa shape index (κ2) is 8.98. The van der Waals surface area contributed by atoms with Crippen LogP contribution < -0.4 is 0 Å². The molecule has 0 aliphatic rings. The Hall–Kier alpha value is -0.100. The van der Waals surface area contributed by atoms with E-state index in [0.717, 1.165) is 15.0 Å². The lowest BCUT2D eigenvalue weighted by atomic mass is 9.97. The topological polar surface area (TPSA) is 26.3 Å². The van der Waals surface area contributed by atoms with Crippen molar-refractivity contribution in [2.45, 2.75) is 53.4 Å². The van der Waals surface area contributed by atoms with Gasteiger partial charge in [-0.15, -0.1) is 8.58 Å². The quantitative estimate of drug-likeness (QED) is 0.369. The van der Waals surface area contributed by atoms with Gasteiger partial charge in [-0.1, -0.05) is 13.3 Å². The highest BCUT2D eigenvalue weighted by molar-refractivity contribution is 7.37. The van der Waals surface area contributed by atoms with Crippen LogP contribution in [0.5, 0.6) is 0 Å². The number of esters is 1. The molecule has 2 nitrogen and oxygen atoms in total. The molecule has 0 aliphatic heterocycles. The van der Waals surface area contributed by atoms with Crippen molar-refractivity contribution in [2.24, 2.45) is 5.41 Å². The minimum Gasteiger partial charge on any atom is -0.465 e. The smallest absolute Gasteiger partial charge is 0.311 e. The van der Waals surface area contributed by atoms with E-state index in [9.17, 15) is 4.79 Å². The molecule has 0 heterocycles. The normalized spacial score (nSPS) is 12.2. The van der Waals surface area contributed by atoms with Crippen LogP contribution in [0.15, 0.2) is 0 Å². The molecule has 0 rings (SSSR count). The lowest BCUT2D eigenvalue weighted by Gasteiger charge is -2.16. The van der Waals surface area contributed by atoms with Crippen molar-refractivity contribution in [3.8, 4) is 0 Å². The van der Waals surface area contributed by atoms with Crippen molar-refractivity contribution in [1.82, 2.24) is 0 Å². The predicted octanol–water partition coefficient (Wildman–Crippen LogP) is 3.83. The van der Waals surface area contributed by atoms with Crippen LogP contribution in [-0.4, -0.2) is 24.9 Å². The van der Waals surface area contributed by atoms with Gasteiger partial charge in [0, 0.05) is 0 Å². The first-order chi connectivity index (χ1) is 7.48. The summed E-state index contributed by atoms with van der Waals surface area (Å²) in [6, 6.07) is 0. The van der Waals surface area contributed by atoms with Crippen LogP contribution in [-0.2, 0) is 9.53 Å². The van der Waals surface area contributed by atoms with Gasteiger partial charge in [0.2, 0.25) is 0 Å². The van der Waals surface area contributed by atoms with Gasteiger partial charge in [0.15, 0.2) is 0 Å². The molecular weight excluding hydrogens is 219 g/mol. The second-order valence-corrected chi connectivity index (χ2v) is 6.70. The molecule has 0 spiro atoms. The molecule has 16 heavy (non-hydrogen) atoms. The van der Waals surface area contributed by atoms with Gasteiger partial charge in [0.1, 0.15) is 0 Å².